The molecule has 0 radical (unpaired) electrons. The van der Waals surface area contributed by atoms with Crippen LogP contribution in [0.15, 0.2) is 30.3 Å². The molecule has 5 heteroatoms. The van der Waals surface area contributed by atoms with Crippen LogP contribution < -0.4 is 5.32 Å². The molecule has 2 fully saturated rings. The maximum Gasteiger partial charge on any atom is 0.308 e. The third kappa shape index (κ3) is 4.82. The first-order valence-corrected chi connectivity index (χ1v) is 9.40. The first-order valence-electron chi connectivity index (χ1n) is 9.40. The van der Waals surface area contributed by atoms with Gasteiger partial charge in [-0.3, -0.25) is 14.5 Å². The number of carbonyl (C=O) groups excluding carboxylic acids is 1. The molecule has 1 saturated carbocycles. The number of nitrogens with one attached hydrogen (secondary N) is 1. The first kappa shape index (κ1) is 17.9. The summed E-state index contributed by atoms with van der Waals surface area (Å²) in [4.78, 5) is 26.3. The summed E-state index contributed by atoms with van der Waals surface area (Å²) in [5, 5.41) is 12.6. The van der Waals surface area contributed by atoms with Gasteiger partial charge in [0.15, 0.2) is 0 Å². The lowest BCUT2D eigenvalue weighted by atomic mass is 9.89. The molecular weight excluding hydrogens is 316 g/mol. The zero-order chi connectivity index (χ0) is 17.6. The number of nitrogens with zero attached hydrogens (tertiary/aromatic N) is 1. The maximum atomic E-state index is 12.6. The second kappa shape index (κ2) is 8.48. The van der Waals surface area contributed by atoms with E-state index >= 15 is 0 Å². The zero-order valence-corrected chi connectivity index (χ0v) is 14.7. The van der Waals surface area contributed by atoms with Gasteiger partial charge in [0.2, 0.25) is 5.91 Å². The van der Waals surface area contributed by atoms with E-state index in [-0.39, 0.29) is 5.91 Å². The number of amides is 1. The van der Waals surface area contributed by atoms with E-state index in [4.69, 9.17) is 0 Å². The van der Waals surface area contributed by atoms with Crippen molar-refractivity contribution in [2.24, 2.45) is 17.8 Å². The molecule has 3 rings (SSSR count). The van der Waals surface area contributed by atoms with Gasteiger partial charge in [0.05, 0.1) is 11.8 Å². The fourth-order valence-electron chi connectivity index (χ4n) is 4.14. The van der Waals surface area contributed by atoms with Crippen molar-refractivity contribution in [2.75, 3.05) is 19.6 Å². The van der Waals surface area contributed by atoms with Gasteiger partial charge in [-0.25, -0.2) is 0 Å². The highest BCUT2D eigenvalue weighted by Crippen LogP contribution is 2.27. The summed E-state index contributed by atoms with van der Waals surface area (Å²) in [7, 11) is 0. The third-order valence-corrected chi connectivity index (χ3v) is 5.59. The number of benzene rings is 1. The molecule has 2 N–H and O–H groups in total. The van der Waals surface area contributed by atoms with Crippen LogP contribution in [0.2, 0.25) is 0 Å². The van der Waals surface area contributed by atoms with Gasteiger partial charge in [-0.2, -0.15) is 0 Å². The largest absolute Gasteiger partial charge is 0.481 e. The van der Waals surface area contributed by atoms with Gasteiger partial charge in [0.25, 0.3) is 0 Å². The molecule has 5 nitrogen and oxygen atoms in total. The minimum absolute atomic E-state index is 0.0893. The SMILES string of the molecule is O=C(NCC1CCCCC1)[C@H]1CN(Cc2ccccc2)C[C@H]1C(=O)O. The standard InChI is InChI=1S/C20H28N2O3/c23-19(21-11-15-7-3-1-4-8-15)17-13-22(14-18(17)20(24)25)12-16-9-5-2-6-10-16/h2,5-6,9-10,15,17-18H,1,3-4,7-8,11-14H2,(H,21,23)(H,24,25)/t17-,18+/m0/s1. The van der Waals surface area contributed by atoms with E-state index in [1.807, 2.05) is 30.3 Å². The van der Waals surface area contributed by atoms with E-state index in [0.29, 0.717) is 32.1 Å². The van der Waals surface area contributed by atoms with Crippen LogP contribution in [0.1, 0.15) is 37.7 Å². The fraction of sp³-hybridized carbons (Fsp3) is 0.600. The number of hydrogen-bond acceptors (Lipinski definition) is 3. The normalized spacial score (nSPS) is 25.0. The fourth-order valence-corrected chi connectivity index (χ4v) is 4.14. The van der Waals surface area contributed by atoms with Crippen LogP contribution in [0, 0.1) is 17.8 Å². The van der Waals surface area contributed by atoms with Crippen LogP contribution in [0.3, 0.4) is 0 Å². The molecule has 1 heterocycles. The van der Waals surface area contributed by atoms with Gasteiger partial charge in [-0.1, -0.05) is 49.6 Å². The topological polar surface area (TPSA) is 69.6 Å². The quantitative estimate of drug-likeness (QED) is 0.832. The molecule has 0 spiro atoms. The Labute approximate surface area is 149 Å². The minimum Gasteiger partial charge on any atom is -0.481 e. The lowest BCUT2D eigenvalue weighted by Crippen LogP contribution is -2.39. The van der Waals surface area contributed by atoms with Crippen LogP contribution in [-0.2, 0) is 16.1 Å². The molecule has 2 atom stereocenters. The highest BCUT2D eigenvalue weighted by Gasteiger charge is 2.41. The van der Waals surface area contributed by atoms with Crippen molar-refractivity contribution in [1.82, 2.24) is 10.2 Å². The molecule has 0 bridgehead atoms. The van der Waals surface area contributed by atoms with Crippen molar-refractivity contribution in [1.29, 1.82) is 0 Å². The van der Waals surface area contributed by atoms with Crippen molar-refractivity contribution in [3.8, 4) is 0 Å². The average Bonchev–Trinajstić information content (AvgIpc) is 3.06. The number of rotatable bonds is 6. The van der Waals surface area contributed by atoms with Crippen LogP contribution in [0.25, 0.3) is 0 Å². The van der Waals surface area contributed by atoms with Gasteiger partial charge in [0, 0.05) is 26.2 Å². The smallest absolute Gasteiger partial charge is 0.308 e. The van der Waals surface area contributed by atoms with Crippen molar-refractivity contribution in [3.63, 3.8) is 0 Å². The molecule has 136 valence electrons. The predicted molar refractivity (Wildman–Crippen MR) is 95.9 cm³/mol. The van der Waals surface area contributed by atoms with Crippen LogP contribution in [0.4, 0.5) is 0 Å². The molecule has 1 aromatic carbocycles. The lowest BCUT2D eigenvalue weighted by Gasteiger charge is -2.23. The Bertz CT molecular complexity index is 584. The number of hydrogen-bond donors (Lipinski definition) is 2. The van der Waals surface area contributed by atoms with Gasteiger partial charge in [-0.15, -0.1) is 0 Å². The number of carbonyl (C=O) groups is 2. The number of carboxylic acids is 1. The summed E-state index contributed by atoms with van der Waals surface area (Å²) < 4.78 is 0. The average molecular weight is 344 g/mol. The van der Waals surface area contributed by atoms with E-state index in [1.54, 1.807) is 0 Å². The van der Waals surface area contributed by atoms with E-state index in [1.165, 1.54) is 32.1 Å². The van der Waals surface area contributed by atoms with E-state index in [0.717, 1.165) is 5.56 Å². The second-order valence-corrected chi connectivity index (χ2v) is 7.48. The molecule has 1 amide bonds. The van der Waals surface area contributed by atoms with Crippen LogP contribution >= 0.6 is 0 Å². The Hall–Kier alpha value is -1.88. The van der Waals surface area contributed by atoms with Crippen LogP contribution in [0.5, 0.6) is 0 Å². The van der Waals surface area contributed by atoms with Gasteiger partial charge >= 0.3 is 5.97 Å². The molecule has 0 unspecified atom stereocenters. The molecule has 1 aromatic rings. The number of carboxylic acid groups (broad SMARTS) is 1. The molecule has 1 aliphatic heterocycles. The minimum atomic E-state index is -0.867. The van der Waals surface area contributed by atoms with Crippen LogP contribution in [-0.4, -0.2) is 41.5 Å². The molecule has 2 aliphatic rings. The highest BCUT2D eigenvalue weighted by molar-refractivity contribution is 5.85. The lowest BCUT2D eigenvalue weighted by molar-refractivity contribution is -0.145. The Morgan fingerprint density at radius 3 is 2.40 bits per heavy atom. The van der Waals surface area contributed by atoms with Crippen molar-refractivity contribution < 1.29 is 14.7 Å². The summed E-state index contributed by atoms with van der Waals surface area (Å²) in [6.45, 7) is 2.34. The number of likely N-dealkylation sites (tertiary alicyclic amines) is 1. The number of aliphatic carboxylic acids is 1. The molecular formula is C20H28N2O3. The highest BCUT2D eigenvalue weighted by atomic mass is 16.4. The molecule has 1 aliphatic carbocycles. The van der Waals surface area contributed by atoms with E-state index < -0.39 is 17.8 Å². The van der Waals surface area contributed by atoms with Crippen molar-refractivity contribution >= 4 is 11.9 Å². The first-order chi connectivity index (χ1) is 12.1. The maximum absolute atomic E-state index is 12.6. The van der Waals surface area contributed by atoms with Crippen molar-refractivity contribution in [3.05, 3.63) is 35.9 Å². The Balaban J connectivity index is 1.56. The molecule has 0 aromatic heterocycles. The third-order valence-electron chi connectivity index (χ3n) is 5.59. The van der Waals surface area contributed by atoms with Gasteiger partial charge < -0.3 is 10.4 Å². The Kier molecular flexibility index (Phi) is 6.08. The molecule has 1 saturated heterocycles. The van der Waals surface area contributed by atoms with Crippen molar-refractivity contribution in [2.45, 2.75) is 38.6 Å². The summed E-state index contributed by atoms with van der Waals surface area (Å²) in [5.41, 5.74) is 1.15. The van der Waals surface area contributed by atoms with Gasteiger partial charge in [0.1, 0.15) is 0 Å². The van der Waals surface area contributed by atoms with E-state index in [2.05, 4.69) is 10.2 Å². The van der Waals surface area contributed by atoms with Gasteiger partial charge in [-0.05, 0) is 24.3 Å². The second-order valence-electron chi connectivity index (χ2n) is 7.48. The summed E-state index contributed by atoms with van der Waals surface area (Å²) in [6.07, 6.45) is 6.13. The molecule has 25 heavy (non-hydrogen) atoms. The zero-order valence-electron chi connectivity index (χ0n) is 14.7. The summed E-state index contributed by atoms with van der Waals surface area (Å²) >= 11 is 0. The summed E-state index contributed by atoms with van der Waals surface area (Å²) in [6, 6.07) is 10.00. The Morgan fingerprint density at radius 2 is 1.72 bits per heavy atom. The van der Waals surface area contributed by atoms with E-state index in [9.17, 15) is 14.7 Å². The predicted octanol–water partition coefficient (Wildman–Crippen LogP) is 2.52. The monoisotopic (exact) mass is 344 g/mol. The summed E-state index contributed by atoms with van der Waals surface area (Å²) in [5.74, 6) is -1.47. The Morgan fingerprint density at radius 1 is 1.04 bits per heavy atom.